The van der Waals surface area contributed by atoms with Crippen molar-refractivity contribution in [2.45, 2.75) is 89.4 Å². The van der Waals surface area contributed by atoms with Crippen LogP contribution in [-0.4, -0.2) is 53.9 Å². The second-order valence-electron chi connectivity index (χ2n) is 11.0. The van der Waals surface area contributed by atoms with E-state index in [4.69, 9.17) is 16.9 Å². The molecule has 6 unspecified atom stereocenters. The van der Waals surface area contributed by atoms with Gasteiger partial charge in [-0.2, -0.15) is 0 Å². The first-order chi connectivity index (χ1) is 15.3. The maximum atomic E-state index is 13.5. The van der Waals surface area contributed by atoms with Crippen molar-refractivity contribution in [3.05, 3.63) is 0 Å². The Balaban J connectivity index is 1.44. The van der Waals surface area contributed by atoms with Crippen LogP contribution >= 0.6 is 0 Å². The van der Waals surface area contributed by atoms with Crippen LogP contribution in [0.3, 0.4) is 0 Å². The summed E-state index contributed by atoms with van der Waals surface area (Å²) in [4.78, 5) is 27.5. The van der Waals surface area contributed by atoms with E-state index in [1.54, 1.807) is 0 Å². The van der Waals surface area contributed by atoms with Gasteiger partial charge in [0.15, 0.2) is 0 Å². The standard InChI is InChI=1S/C24H42N6O2/c1-14-8-9-28-21(10-14)29-24(32)20-11-17-6-7-18(22(25)26)12-19(17)30(20)13-15-2-4-16(5-3-15)23(27)31/h14-21,28H,2-13H2,1H3,(H3,25,26)(H2,27,31)(H,29,32). The Labute approximate surface area is 192 Å². The van der Waals surface area contributed by atoms with E-state index in [-0.39, 0.29) is 35.9 Å². The SMILES string of the molecule is CC1CCNC(NC(=O)C2CC3CCC(C(=N)N)CC3N2CC2CCC(C(N)=O)CC2)C1. The van der Waals surface area contributed by atoms with Gasteiger partial charge in [-0.05, 0) is 88.5 Å². The quantitative estimate of drug-likeness (QED) is 0.311. The zero-order valence-electron chi connectivity index (χ0n) is 19.5. The Morgan fingerprint density at radius 3 is 2.38 bits per heavy atom. The summed E-state index contributed by atoms with van der Waals surface area (Å²) in [5.41, 5.74) is 11.4. The minimum absolute atomic E-state index is 0.00723. The Bertz CT molecular complexity index is 707. The number of rotatable bonds is 6. The number of primary amides is 1. The number of carbonyl (C=O) groups is 2. The summed E-state index contributed by atoms with van der Waals surface area (Å²) < 4.78 is 0. The summed E-state index contributed by atoms with van der Waals surface area (Å²) in [6, 6.07) is 0.212. The molecule has 32 heavy (non-hydrogen) atoms. The smallest absolute Gasteiger partial charge is 0.238 e. The zero-order valence-corrected chi connectivity index (χ0v) is 19.5. The van der Waals surface area contributed by atoms with Crippen molar-refractivity contribution in [1.29, 1.82) is 5.41 Å². The lowest BCUT2D eigenvalue weighted by atomic mass is 9.77. The lowest BCUT2D eigenvalue weighted by Crippen LogP contribution is -2.55. The summed E-state index contributed by atoms with van der Waals surface area (Å²) in [5, 5.41) is 14.7. The maximum Gasteiger partial charge on any atom is 0.238 e. The van der Waals surface area contributed by atoms with Gasteiger partial charge < -0.3 is 16.8 Å². The van der Waals surface area contributed by atoms with Crippen molar-refractivity contribution in [3.63, 3.8) is 0 Å². The highest BCUT2D eigenvalue weighted by Gasteiger charge is 2.48. The van der Waals surface area contributed by atoms with Gasteiger partial charge in [0.2, 0.25) is 11.8 Å². The third-order valence-corrected chi connectivity index (χ3v) is 8.75. The van der Waals surface area contributed by atoms with Gasteiger partial charge in [-0.3, -0.25) is 25.2 Å². The van der Waals surface area contributed by atoms with E-state index in [1.807, 2.05) is 0 Å². The van der Waals surface area contributed by atoms with E-state index in [9.17, 15) is 9.59 Å². The van der Waals surface area contributed by atoms with E-state index in [0.29, 0.717) is 29.6 Å². The molecular weight excluding hydrogens is 404 g/mol. The average molecular weight is 447 g/mol. The average Bonchev–Trinajstić information content (AvgIpc) is 3.12. The van der Waals surface area contributed by atoms with Crippen LogP contribution in [0.5, 0.6) is 0 Å². The molecule has 0 aromatic carbocycles. The predicted octanol–water partition coefficient (Wildman–Crippen LogP) is 1.54. The fraction of sp³-hybridized carbons (Fsp3) is 0.875. The van der Waals surface area contributed by atoms with Gasteiger partial charge in [0.1, 0.15) is 0 Å². The molecule has 8 heteroatoms. The lowest BCUT2D eigenvalue weighted by Gasteiger charge is -2.40. The molecular formula is C24H42N6O2. The Morgan fingerprint density at radius 2 is 1.72 bits per heavy atom. The first kappa shape index (κ1) is 23.5. The molecule has 4 fully saturated rings. The molecule has 0 aromatic rings. The van der Waals surface area contributed by atoms with Gasteiger partial charge in [-0.1, -0.05) is 6.92 Å². The number of nitrogens with two attached hydrogens (primary N) is 2. The van der Waals surface area contributed by atoms with Gasteiger partial charge in [0.05, 0.1) is 18.0 Å². The molecule has 0 aromatic heterocycles. The molecule has 6 atom stereocenters. The van der Waals surface area contributed by atoms with Gasteiger partial charge in [0.25, 0.3) is 0 Å². The van der Waals surface area contributed by atoms with Crippen molar-refractivity contribution >= 4 is 17.6 Å². The van der Waals surface area contributed by atoms with Gasteiger partial charge in [-0.25, -0.2) is 0 Å². The third-order valence-electron chi connectivity index (χ3n) is 8.75. The van der Waals surface area contributed by atoms with Crippen LogP contribution in [0, 0.1) is 35.0 Å². The summed E-state index contributed by atoms with van der Waals surface area (Å²) in [6.07, 6.45) is 9.71. The molecule has 2 saturated heterocycles. The van der Waals surface area contributed by atoms with E-state index < -0.39 is 0 Å². The molecule has 0 spiro atoms. The third kappa shape index (κ3) is 5.28. The van der Waals surface area contributed by atoms with Crippen LogP contribution in [0.1, 0.15) is 71.1 Å². The summed E-state index contributed by atoms with van der Waals surface area (Å²) in [7, 11) is 0. The highest BCUT2D eigenvalue weighted by Crippen LogP contribution is 2.43. The first-order valence-electron chi connectivity index (χ1n) is 12.7. The van der Waals surface area contributed by atoms with Crippen LogP contribution in [0.15, 0.2) is 0 Å². The van der Waals surface area contributed by atoms with Crippen LogP contribution in [0.25, 0.3) is 0 Å². The van der Waals surface area contributed by atoms with Crippen molar-refractivity contribution in [3.8, 4) is 0 Å². The summed E-state index contributed by atoms with van der Waals surface area (Å²) in [5.74, 6) is 2.02. The fourth-order valence-corrected chi connectivity index (χ4v) is 6.76. The second kappa shape index (κ2) is 10.1. The van der Waals surface area contributed by atoms with E-state index in [1.165, 1.54) is 0 Å². The normalized spacial score (nSPS) is 40.4. The number of hydrogen-bond donors (Lipinski definition) is 5. The number of amides is 2. The highest BCUT2D eigenvalue weighted by molar-refractivity contribution is 5.83. The summed E-state index contributed by atoms with van der Waals surface area (Å²) in [6.45, 7) is 4.10. The minimum atomic E-state index is -0.173. The van der Waals surface area contributed by atoms with E-state index in [2.05, 4.69) is 22.5 Å². The molecule has 2 saturated carbocycles. The number of fused-ring (bicyclic) bond motifs is 1. The van der Waals surface area contributed by atoms with Crippen molar-refractivity contribution < 1.29 is 9.59 Å². The Morgan fingerprint density at radius 1 is 1.00 bits per heavy atom. The second-order valence-corrected chi connectivity index (χ2v) is 11.0. The number of carbonyl (C=O) groups excluding carboxylic acids is 2. The van der Waals surface area contributed by atoms with Gasteiger partial charge in [0, 0.05) is 24.4 Å². The van der Waals surface area contributed by atoms with Crippen LogP contribution in [-0.2, 0) is 9.59 Å². The fourth-order valence-electron chi connectivity index (χ4n) is 6.76. The molecule has 2 aliphatic carbocycles. The van der Waals surface area contributed by atoms with Crippen molar-refractivity contribution in [2.24, 2.45) is 41.1 Å². The van der Waals surface area contributed by atoms with Crippen LogP contribution in [0.2, 0.25) is 0 Å². The number of hydrogen-bond acceptors (Lipinski definition) is 5. The molecule has 7 N–H and O–H groups in total. The van der Waals surface area contributed by atoms with Crippen molar-refractivity contribution in [1.82, 2.24) is 15.5 Å². The van der Waals surface area contributed by atoms with E-state index in [0.717, 1.165) is 77.3 Å². The number of likely N-dealkylation sites (tertiary alicyclic amines) is 1. The van der Waals surface area contributed by atoms with Crippen molar-refractivity contribution in [2.75, 3.05) is 13.1 Å². The number of amidine groups is 1. The van der Waals surface area contributed by atoms with Gasteiger partial charge >= 0.3 is 0 Å². The summed E-state index contributed by atoms with van der Waals surface area (Å²) >= 11 is 0. The Kier molecular flexibility index (Phi) is 7.40. The predicted molar refractivity (Wildman–Crippen MR) is 125 cm³/mol. The molecule has 4 aliphatic rings. The van der Waals surface area contributed by atoms with Gasteiger partial charge in [-0.15, -0.1) is 0 Å². The number of nitrogens with one attached hydrogen (secondary N) is 3. The number of piperidine rings is 1. The molecule has 0 bridgehead atoms. The first-order valence-corrected chi connectivity index (χ1v) is 12.7. The molecule has 180 valence electrons. The monoisotopic (exact) mass is 446 g/mol. The molecule has 2 heterocycles. The Hall–Kier alpha value is -1.67. The minimum Gasteiger partial charge on any atom is -0.387 e. The van der Waals surface area contributed by atoms with E-state index >= 15 is 0 Å². The molecule has 2 aliphatic heterocycles. The molecule has 2 amide bonds. The molecule has 4 rings (SSSR count). The van der Waals surface area contributed by atoms with Crippen LogP contribution in [0.4, 0.5) is 0 Å². The highest BCUT2D eigenvalue weighted by atomic mass is 16.2. The topological polar surface area (TPSA) is 137 Å². The largest absolute Gasteiger partial charge is 0.387 e. The number of nitrogens with zero attached hydrogens (tertiary/aromatic N) is 1. The molecule has 0 radical (unpaired) electrons. The maximum absolute atomic E-state index is 13.5. The lowest BCUT2D eigenvalue weighted by molar-refractivity contribution is -0.127. The molecule has 8 nitrogen and oxygen atoms in total. The zero-order chi connectivity index (χ0) is 22.8. The van der Waals surface area contributed by atoms with Crippen LogP contribution < -0.4 is 22.1 Å².